The molecule has 3 aromatic rings. The Balaban J connectivity index is 1.63. The highest BCUT2D eigenvalue weighted by atomic mass is 35.5. The van der Waals surface area contributed by atoms with E-state index >= 15 is 0 Å². The van der Waals surface area contributed by atoms with Gasteiger partial charge in [0.1, 0.15) is 11.4 Å². The second-order valence-electron chi connectivity index (χ2n) is 5.67. The number of carbonyl (C=O) groups excluding carboxylic acids is 1. The van der Waals surface area contributed by atoms with E-state index in [9.17, 15) is 4.79 Å². The number of hydrogen-bond acceptors (Lipinski definition) is 6. The zero-order valence-corrected chi connectivity index (χ0v) is 16.4. The van der Waals surface area contributed by atoms with Crippen molar-refractivity contribution < 1.29 is 9.53 Å². The van der Waals surface area contributed by atoms with Crippen LogP contribution in [-0.4, -0.2) is 39.0 Å². The second-order valence-corrected chi connectivity index (χ2v) is 7.05. The van der Waals surface area contributed by atoms with E-state index in [1.165, 1.54) is 11.8 Å². The van der Waals surface area contributed by atoms with Crippen LogP contribution in [0.4, 0.5) is 0 Å². The fourth-order valence-corrected chi connectivity index (χ4v) is 3.29. The van der Waals surface area contributed by atoms with E-state index in [0.717, 1.165) is 5.56 Å². The van der Waals surface area contributed by atoms with Crippen molar-refractivity contribution in [3.8, 4) is 11.4 Å². The van der Waals surface area contributed by atoms with Gasteiger partial charge in [-0.2, -0.15) is 4.68 Å². The van der Waals surface area contributed by atoms with E-state index in [2.05, 4.69) is 20.8 Å². The van der Waals surface area contributed by atoms with Crippen molar-refractivity contribution in [1.29, 1.82) is 0 Å². The molecule has 0 radical (unpaired) electrons. The molecular weight excluding hydrogens is 386 g/mol. The van der Waals surface area contributed by atoms with Crippen LogP contribution < -0.4 is 10.1 Å². The van der Waals surface area contributed by atoms with Gasteiger partial charge in [0.15, 0.2) is 0 Å². The smallest absolute Gasteiger partial charge is 0.230 e. The van der Waals surface area contributed by atoms with Gasteiger partial charge in [-0.15, -0.1) is 5.10 Å². The number of amides is 1. The van der Waals surface area contributed by atoms with Crippen molar-refractivity contribution in [3.63, 3.8) is 0 Å². The number of para-hydroxylation sites is 2. The lowest BCUT2D eigenvalue weighted by molar-refractivity contribution is -0.119. The summed E-state index contributed by atoms with van der Waals surface area (Å²) in [4.78, 5) is 12.3. The molecule has 1 unspecified atom stereocenters. The molecule has 7 nitrogen and oxygen atoms in total. The quantitative estimate of drug-likeness (QED) is 0.609. The molecule has 1 aromatic heterocycles. The minimum absolute atomic E-state index is 0.114. The third-order valence-corrected chi connectivity index (χ3v) is 5.01. The Morgan fingerprint density at radius 2 is 2.00 bits per heavy atom. The number of nitrogens with zero attached hydrogens (tertiary/aromatic N) is 4. The summed E-state index contributed by atoms with van der Waals surface area (Å²) in [5.74, 6) is 0.720. The van der Waals surface area contributed by atoms with Crippen molar-refractivity contribution in [1.82, 2.24) is 25.5 Å². The van der Waals surface area contributed by atoms with Crippen LogP contribution in [0, 0.1) is 0 Å². The molecule has 140 valence electrons. The standard InChI is InChI=1S/C18H18ClN5O2S/c1-12(13-7-9-14(19)10-8-13)20-17(25)11-27-18-21-22-23-24(18)15-5-3-4-6-16(15)26-2/h3-10,12H,11H2,1-2H3,(H,20,25). The van der Waals surface area contributed by atoms with Crippen molar-refractivity contribution in [2.45, 2.75) is 18.1 Å². The Kier molecular flexibility index (Phi) is 6.31. The third-order valence-electron chi connectivity index (χ3n) is 3.83. The highest BCUT2D eigenvalue weighted by molar-refractivity contribution is 7.99. The zero-order valence-electron chi connectivity index (χ0n) is 14.8. The van der Waals surface area contributed by atoms with Gasteiger partial charge >= 0.3 is 0 Å². The van der Waals surface area contributed by atoms with E-state index in [1.807, 2.05) is 43.3 Å². The van der Waals surface area contributed by atoms with Gasteiger partial charge in [-0.05, 0) is 47.2 Å². The van der Waals surface area contributed by atoms with Crippen LogP contribution >= 0.6 is 23.4 Å². The van der Waals surface area contributed by atoms with Crippen molar-refractivity contribution in [2.24, 2.45) is 0 Å². The second kappa shape index (κ2) is 8.88. The van der Waals surface area contributed by atoms with Gasteiger partial charge < -0.3 is 10.1 Å². The maximum absolute atomic E-state index is 12.3. The van der Waals surface area contributed by atoms with Crippen LogP contribution in [0.25, 0.3) is 5.69 Å². The number of ether oxygens (including phenoxy) is 1. The SMILES string of the molecule is COc1ccccc1-n1nnnc1SCC(=O)NC(C)c1ccc(Cl)cc1. The third kappa shape index (κ3) is 4.78. The van der Waals surface area contributed by atoms with Gasteiger partial charge in [-0.3, -0.25) is 4.79 Å². The molecule has 1 N–H and O–H groups in total. The van der Waals surface area contributed by atoms with E-state index in [0.29, 0.717) is 21.6 Å². The van der Waals surface area contributed by atoms with Gasteiger partial charge in [0.05, 0.1) is 18.9 Å². The molecule has 0 saturated carbocycles. The molecular formula is C18H18ClN5O2S. The monoisotopic (exact) mass is 403 g/mol. The first-order valence-corrected chi connectivity index (χ1v) is 9.54. The van der Waals surface area contributed by atoms with Crippen molar-refractivity contribution in [2.75, 3.05) is 12.9 Å². The Morgan fingerprint density at radius 1 is 1.26 bits per heavy atom. The number of hydrogen-bond donors (Lipinski definition) is 1. The fraction of sp³-hybridized carbons (Fsp3) is 0.222. The summed E-state index contributed by atoms with van der Waals surface area (Å²) in [6.45, 7) is 1.92. The molecule has 0 aliphatic carbocycles. The van der Waals surface area contributed by atoms with Gasteiger partial charge in [-0.1, -0.05) is 47.6 Å². The molecule has 0 aliphatic heterocycles. The Labute approximate surface area is 166 Å². The summed E-state index contributed by atoms with van der Waals surface area (Å²) >= 11 is 7.15. The highest BCUT2D eigenvalue weighted by Gasteiger charge is 2.15. The van der Waals surface area contributed by atoms with E-state index in [4.69, 9.17) is 16.3 Å². The maximum Gasteiger partial charge on any atom is 0.230 e. The largest absolute Gasteiger partial charge is 0.494 e. The predicted molar refractivity (Wildman–Crippen MR) is 104 cm³/mol. The van der Waals surface area contributed by atoms with Crippen LogP contribution in [0.2, 0.25) is 5.02 Å². The Bertz CT molecular complexity index is 916. The first-order chi connectivity index (χ1) is 13.1. The average Bonchev–Trinajstić information content (AvgIpc) is 3.15. The molecule has 27 heavy (non-hydrogen) atoms. The molecule has 1 heterocycles. The lowest BCUT2D eigenvalue weighted by Gasteiger charge is -2.14. The first kappa shape index (κ1) is 19.2. The number of tetrazole rings is 1. The molecule has 0 bridgehead atoms. The summed E-state index contributed by atoms with van der Waals surface area (Å²) in [6, 6.07) is 14.7. The summed E-state index contributed by atoms with van der Waals surface area (Å²) in [6.07, 6.45) is 0. The summed E-state index contributed by atoms with van der Waals surface area (Å²) in [5, 5.41) is 15.8. The molecule has 3 rings (SSSR count). The number of rotatable bonds is 7. The number of nitrogens with one attached hydrogen (secondary N) is 1. The molecule has 0 spiro atoms. The number of thioether (sulfide) groups is 1. The lowest BCUT2D eigenvalue weighted by Crippen LogP contribution is -2.28. The van der Waals surface area contributed by atoms with Gasteiger partial charge in [0.25, 0.3) is 0 Å². The fourth-order valence-electron chi connectivity index (χ4n) is 2.47. The number of methoxy groups -OCH3 is 1. The Morgan fingerprint density at radius 3 is 2.74 bits per heavy atom. The van der Waals surface area contributed by atoms with Crippen molar-refractivity contribution >= 4 is 29.3 Å². The molecule has 1 amide bonds. The van der Waals surface area contributed by atoms with Gasteiger partial charge in [0, 0.05) is 5.02 Å². The summed E-state index contributed by atoms with van der Waals surface area (Å²) in [5.41, 5.74) is 1.69. The van der Waals surface area contributed by atoms with E-state index in [-0.39, 0.29) is 17.7 Å². The number of carbonyl (C=O) groups is 1. The predicted octanol–water partition coefficient (Wildman–Crippen LogP) is 3.29. The molecule has 0 fully saturated rings. The average molecular weight is 404 g/mol. The highest BCUT2D eigenvalue weighted by Crippen LogP contribution is 2.25. The van der Waals surface area contributed by atoms with Crippen LogP contribution in [0.1, 0.15) is 18.5 Å². The lowest BCUT2D eigenvalue weighted by atomic mass is 10.1. The minimum Gasteiger partial charge on any atom is -0.494 e. The number of benzene rings is 2. The van der Waals surface area contributed by atoms with E-state index < -0.39 is 0 Å². The zero-order chi connectivity index (χ0) is 19.2. The molecule has 9 heteroatoms. The molecule has 0 aliphatic rings. The topological polar surface area (TPSA) is 81.9 Å². The summed E-state index contributed by atoms with van der Waals surface area (Å²) in [7, 11) is 1.58. The van der Waals surface area contributed by atoms with Crippen LogP contribution in [0.3, 0.4) is 0 Å². The van der Waals surface area contributed by atoms with Gasteiger partial charge in [-0.25, -0.2) is 0 Å². The van der Waals surface area contributed by atoms with E-state index in [1.54, 1.807) is 23.9 Å². The minimum atomic E-state index is -0.124. The number of halogens is 1. The number of aromatic nitrogens is 4. The van der Waals surface area contributed by atoms with Crippen molar-refractivity contribution in [3.05, 3.63) is 59.1 Å². The van der Waals surface area contributed by atoms with Gasteiger partial charge in [0.2, 0.25) is 11.1 Å². The maximum atomic E-state index is 12.3. The van der Waals surface area contributed by atoms with Crippen LogP contribution in [0.5, 0.6) is 5.75 Å². The molecule has 0 saturated heterocycles. The molecule has 1 atom stereocenters. The normalized spacial score (nSPS) is 11.8. The Hall–Kier alpha value is -2.58. The summed E-state index contributed by atoms with van der Waals surface area (Å²) < 4.78 is 6.90. The molecule has 2 aromatic carbocycles. The first-order valence-electron chi connectivity index (χ1n) is 8.18. The van der Waals surface area contributed by atoms with Crippen LogP contribution in [0.15, 0.2) is 53.7 Å². The van der Waals surface area contributed by atoms with Crippen LogP contribution in [-0.2, 0) is 4.79 Å².